The molecule has 0 unspecified atom stereocenters. The Hall–Kier alpha value is -1.06. The van der Waals surface area contributed by atoms with Gasteiger partial charge in [-0.2, -0.15) is 0 Å². The molecule has 1 heterocycles. The number of piperazine rings is 1. The summed E-state index contributed by atoms with van der Waals surface area (Å²) in [6.07, 6.45) is 3.05. The molecule has 4 heteroatoms. The van der Waals surface area contributed by atoms with Crippen LogP contribution in [-0.4, -0.2) is 47.8 Å². The highest BCUT2D eigenvalue weighted by Crippen LogP contribution is 2.07. The Morgan fingerprint density at radius 1 is 0.824 bits per heavy atom. The van der Waals surface area contributed by atoms with Crippen molar-refractivity contribution in [3.05, 3.63) is 0 Å². The van der Waals surface area contributed by atoms with E-state index < -0.39 is 0 Å². The van der Waals surface area contributed by atoms with Gasteiger partial charge in [-0.15, -0.1) is 0 Å². The first-order chi connectivity index (χ1) is 7.69. The normalized spacial score (nSPS) is 15.4. The smallest absolute Gasteiger partial charge is 0.222 e. The first-order valence-electron chi connectivity index (χ1n) is 6.24. The van der Waals surface area contributed by atoms with E-state index in [1.165, 1.54) is 0 Å². The molecule has 0 atom stereocenters. The summed E-state index contributed by atoms with van der Waals surface area (Å²) in [5.74, 6) is 0.454. The second-order valence-corrected chi connectivity index (χ2v) is 4.26. The van der Waals surface area contributed by atoms with Crippen molar-refractivity contribution in [3.8, 4) is 0 Å². The van der Waals surface area contributed by atoms with Crippen LogP contribution in [0.5, 0.6) is 0 Å². The third-order valence-corrected chi connectivity index (χ3v) is 2.91. The lowest BCUT2D eigenvalue weighted by Gasteiger charge is -2.34. The summed E-state index contributed by atoms with van der Waals surface area (Å²) >= 11 is 0. The summed E-state index contributed by atoms with van der Waals surface area (Å²) in [6, 6.07) is 0. The summed E-state index contributed by atoms with van der Waals surface area (Å²) < 4.78 is 0. The van der Waals surface area contributed by atoms with Gasteiger partial charge in [0.1, 0.15) is 0 Å². The second-order valence-electron chi connectivity index (χ2n) is 4.26. The molecule has 2 amide bonds. The van der Waals surface area contributed by atoms with Crippen molar-refractivity contribution in [1.82, 2.24) is 9.80 Å². The topological polar surface area (TPSA) is 40.6 Å². The van der Waals surface area contributed by atoms with E-state index in [9.17, 15) is 9.59 Å². The van der Waals surface area contributed by atoms with Crippen LogP contribution in [0.15, 0.2) is 0 Å². The fourth-order valence-electron chi connectivity index (χ4n) is 1.95. The number of amides is 2. The Morgan fingerprint density at radius 3 is 1.35 bits per heavy atom. The van der Waals surface area contributed by atoms with Gasteiger partial charge >= 0.3 is 0 Å². The van der Waals surface area contributed by atoms with E-state index in [0.717, 1.165) is 12.8 Å². The van der Waals surface area contributed by atoms with Crippen LogP contribution >= 0.6 is 0 Å². The van der Waals surface area contributed by atoms with E-state index >= 15 is 0 Å². The molecule has 1 rings (SSSR count). The summed E-state index contributed by atoms with van der Waals surface area (Å²) in [5.41, 5.74) is 0. The van der Waals surface area contributed by atoms with Crippen LogP contribution in [0.25, 0.3) is 0 Å². The molecule has 0 aromatic rings. The monoisotopic (exact) mass is 242 g/mol. The summed E-state index contributed by atoms with van der Waals surface area (Å²) in [7, 11) is 0. The maximum absolute atomic E-state index is 11.6. The molecule has 0 saturated carbocycles. The lowest BCUT2D eigenvalue weighted by Crippen LogP contribution is -2.50. The van der Waals surface area contributed by atoms with Crippen molar-refractivity contribution in [2.75, 3.05) is 26.2 Å². The van der Waals surface area contributed by atoms with Gasteiger partial charge in [0.2, 0.25) is 11.8 Å². The molecule has 0 aromatic carbocycles. The Bertz CT molecular complexity index is 220. The van der Waals surface area contributed by atoms with E-state index in [2.05, 4.69) is 0 Å². The molecule has 4 nitrogen and oxygen atoms in total. The lowest BCUT2D eigenvalue weighted by atomic mass is 10.2. The molecule has 1 saturated heterocycles. The van der Waals surface area contributed by atoms with Crippen LogP contribution in [0.1, 0.15) is 47.0 Å². The maximum Gasteiger partial charge on any atom is 0.222 e. The molecule has 1 fully saturated rings. The molecule has 0 aromatic heterocycles. The molecular formula is C13H26N2O2. The van der Waals surface area contributed by atoms with Crippen molar-refractivity contribution in [1.29, 1.82) is 0 Å². The lowest BCUT2D eigenvalue weighted by molar-refractivity contribution is -0.139. The average molecular weight is 242 g/mol. The number of hydrogen-bond acceptors (Lipinski definition) is 2. The van der Waals surface area contributed by atoms with E-state index in [1.54, 1.807) is 0 Å². The third kappa shape index (κ3) is 4.75. The molecule has 100 valence electrons. The number of nitrogens with zero attached hydrogens (tertiary/aromatic N) is 2. The molecule has 0 bridgehead atoms. The molecule has 0 spiro atoms. The van der Waals surface area contributed by atoms with Crippen LogP contribution in [0.2, 0.25) is 0 Å². The first-order valence-corrected chi connectivity index (χ1v) is 6.24. The van der Waals surface area contributed by atoms with Gasteiger partial charge in [0.05, 0.1) is 0 Å². The van der Waals surface area contributed by atoms with Gasteiger partial charge in [-0.3, -0.25) is 9.59 Å². The van der Waals surface area contributed by atoms with E-state index in [-0.39, 0.29) is 19.2 Å². The molecule has 1 aliphatic rings. The molecular weight excluding hydrogens is 216 g/mol. The Labute approximate surface area is 105 Å². The third-order valence-electron chi connectivity index (χ3n) is 2.91. The van der Waals surface area contributed by atoms with Gasteiger partial charge in [0, 0.05) is 39.0 Å². The van der Waals surface area contributed by atoms with Crippen LogP contribution in [0, 0.1) is 0 Å². The van der Waals surface area contributed by atoms with Crippen molar-refractivity contribution >= 4 is 11.8 Å². The minimum atomic E-state index is 0. The van der Waals surface area contributed by atoms with Gasteiger partial charge in [-0.25, -0.2) is 0 Å². The predicted molar refractivity (Wildman–Crippen MR) is 69.7 cm³/mol. The molecule has 17 heavy (non-hydrogen) atoms. The predicted octanol–water partition coefficient (Wildman–Crippen LogP) is 1.89. The van der Waals surface area contributed by atoms with Gasteiger partial charge in [0.25, 0.3) is 0 Å². The minimum Gasteiger partial charge on any atom is -0.339 e. The second kappa shape index (κ2) is 8.09. The highest BCUT2D eigenvalue weighted by atomic mass is 16.2. The maximum atomic E-state index is 11.6. The van der Waals surface area contributed by atoms with E-state index in [4.69, 9.17) is 0 Å². The molecule has 0 radical (unpaired) electrons. The minimum absolute atomic E-state index is 0. The number of rotatable bonds is 4. The first kappa shape index (κ1) is 15.9. The van der Waals surface area contributed by atoms with Crippen molar-refractivity contribution in [3.63, 3.8) is 0 Å². The number of carbonyl (C=O) groups excluding carboxylic acids is 2. The van der Waals surface area contributed by atoms with Gasteiger partial charge in [-0.05, 0) is 12.8 Å². The van der Waals surface area contributed by atoms with Crippen LogP contribution in [0.3, 0.4) is 0 Å². The van der Waals surface area contributed by atoms with Crippen molar-refractivity contribution in [2.24, 2.45) is 0 Å². The van der Waals surface area contributed by atoms with E-state index in [0.29, 0.717) is 39.0 Å². The van der Waals surface area contributed by atoms with Crippen LogP contribution in [-0.2, 0) is 9.59 Å². The summed E-state index contributed by atoms with van der Waals surface area (Å²) in [4.78, 5) is 27.0. The Morgan fingerprint density at radius 2 is 1.12 bits per heavy atom. The van der Waals surface area contributed by atoms with Gasteiger partial charge in [-0.1, -0.05) is 21.3 Å². The van der Waals surface area contributed by atoms with E-state index in [1.807, 2.05) is 23.6 Å². The Balaban J connectivity index is 0.00000256. The van der Waals surface area contributed by atoms with Crippen LogP contribution in [0.4, 0.5) is 0 Å². The highest BCUT2D eigenvalue weighted by molar-refractivity contribution is 5.78. The van der Waals surface area contributed by atoms with Gasteiger partial charge < -0.3 is 9.80 Å². The zero-order chi connectivity index (χ0) is 12.0. The molecule has 0 aliphatic carbocycles. The zero-order valence-electron chi connectivity index (χ0n) is 10.4. The zero-order valence-corrected chi connectivity index (χ0v) is 10.4. The fourth-order valence-corrected chi connectivity index (χ4v) is 1.95. The Kier molecular flexibility index (Phi) is 7.59. The standard InChI is InChI=1S/C12H22N2O2.CH4/c1-3-5-11(15)13-7-9-14(10-8-13)12(16)6-4-2;/h3-10H2,1-2H3;1H4. The highest BCUT2D eigenvalue weighted by Gasteiger charge is 2.22. The average Bonchev–Trinajstić information content (AvgIpc) is 2.30. The number of hydrogen-bond donors (Lipinski definition) is 0. The van der Waals surface area contributed by atoms with Gasteiger partial charge in [0.15, 0.2) is 0 Å². The van der Waals surface area contributed by atoms with Crippen LogP contribution < -0.4 is 0 Å². The number of carbonyl (C=O) groups is 2. The fraction of sp³-hybridized carbons (Fsp3) is 0.846. The summed E-state index contributed by atoms with van der Waals surface area (Å²) in [5, 5.41) is 0. The van der Waals surface area contributed by atoms with Crippen molar-refractivity contribution in [2.45, 2.75) is 47.0 Å². The largest absolute Gasteiger partial charge is 0.339 e. The van der Waals surface area contributed by atoms with Crippen molar-refractivity contribution < 1.29 is 9.59 Å². The summed E-state index contributed by atoms with van der Waals surface area (Å²) in [6.45, 7) is 6.84. The molecule has 0 N–H and O–H groups in total. The molecule has 1 aliphatic heterocycles. The SMILES string of the molecule is C.CCCC(=O)N1CCN(C(=O)CCC)CC1. The quantitative estimate of drug-likeness (QED) is 0.755.